The summed E-state index contributed by atoms with van der Waals surface area (Å²) in [6, 6.07) is 28.9. The summed E-state index contributed by atoms with van der Waals surface area (Å²) in [4.78, 5) is 30.3. The van der Waals surface area contributed by atoms with Gasteiger partial charge in [0.05, 0.1) is 24.3 Å². The number of carbonyl (C=O) groups is 2. The van der Waals surface area contributed by atoms with E-state index < -0.39 is 28.5 Å². The van der Waals surface area contributed by atoms with Crippen molar-refractivity contribution in [3.05, 3.63) is 120 Å². The Bertz CT molecular complexity index is 1760. The maximum absolute atomic E-state index is 14.7. The summed E-state index contributed by atoms with van der Waals surface area (Å²) < 4.78 is 41.1. The van der Waals surface area contributed by atoms with E-state index in [1.54, 1.807) is 62.6 Å². The third-order valence-corrected chi connectivity index (χ3v) is 9.85. The van der Waals surface area contributed by atoms with Crippen molar-refractivity contribution < 1.29 is 27.5 Å². The molecule has 4 rings (SSSR count). The zero-order valence-electron chi connectivity index (χ0n) is 28.3. The number of anilines is 1. The molecule has 254 valence electrons. The Kier molecular flexibility index (Phi) is 12.6. The number of hydrogen-bond acceptors (Lipinski definition) is 6. The molecule has 48 heavy (non-hydrogen) atoms. The van der Waals surface area contributed by atoms with Crippen molar-refractivity contribution in [1.29, 1.82) is 0 Å². The van der Waals surface area contributed by atoms with Crippen LogP contribution in [-0.2, 0) is 32.6 Å². The molecule has 0 aliphatic rings. The number of ether oxygens (including phenoxy) is 2. The molecule has 9 nitrogen and oxygen atoms in total. The molecule has 0 saturated heterocycles. The Morgan fingerprint density at radius 3 is 2.19 bits per heavy atom. The van der Waals surface area contributed by atoms with Crippen LogP contribution in [0.1, 0.15) is 43.9 Å². The number of sulfonamides is 1. The molecule has 0 bridgehead atoms. The van der Waals surface area contributed by atoms with Gasteiger partial charge in [-0.2, -0.15) is 0 Å². The van der Waals surface area contributed by atoms with Crippen LogP contribution in [0.4, 0.5) is 5.69 Å². The fourth-order valence-corrected chi connectivity index (χ4v) is 6.68. The summed E-state index contributed by atoms with van der Waals surface area (Å²) >= 11 is 0. The fourth-order valence-electron chi connectivity index (χ4n) is 5.25. The number of carbonyl (C=O) groups excluding carboxylic acids is 2. The Balaban J connectivity index is 1.85. The molecule has 0 aliphatic carbocycles. The molecule has 0 heterocycles. The largest absolute Gasteiger partial charge is 0.497 e. The predicted molar refractivity (Wildman–Crippen MR) is 189 cm³/mol. The summed E-state index contributed by atoms with van der Waals surface area (Å²) in [6.07, 6.45) is 0.920. The lowest BCUT2D eigenvalue weighted by molar-refractivity contribution is -0.140. The molecule has 0 fully saturated rings. The zero-order valence-corrected chi connectivity index (χ0v) is 29.1. The van der Waals surface area contributed by atoms with Gasteiger partial charge in [-0.25, -0.2) is 8.42 Å². The minimum Gasteiger partial charge on any atom is -0.497 e. The van der Waals surface area contributed by atoms with Crippen molar-refractivity contribution in [1.82, 2.24) is 10.2 Å². The van der Waals surface area contributed by atoms with Gasteiger partial charge in [-0.15, -0.1) is 0 Å². The molecule has 0 spiro atoms. The molecule has 10 heteroatoms. The van der Waals surface area contributed by atoms with E-state index >= 15 is 0 Å². The van der Waals surface area contributed by atoms with Crippen molar-refractivity contribution in [2.75, 3.05) is 24.6 Å². The van der Waals surface area contributed by atoms with Gasteiger partial charge in [0.25, 0.3) is 10.0 Å². The second-order valence-electron chi connectivity index (χ2n) is 11.6. The second kappa shape index (κ2) is 16.8. The van der Waals surface area contributed by atoms with Crippen molar-refractivity contribution >= 4 is 27.5 Å². The van der Waals surface area contributed by atoms with Gasteiger partial charge in [0.2, 0.25) is 11.8 Å². The number of methoxy groups -OCH3 is 1. The van der Waals surface area contributed by atoms with Gasteiger partial charge in [0.15, 0.2) is 0 Å². The van der Waals surface area contributed by atoms with Crippen molar-refractivity contribution in [3.8, 4) is 11.5 Å². The average molecular weight is 672 g/mol. The standard InChI is InChI=1S/C38H45N3O6S/c1-6-29(4)39-38(43)35(25-30-14-9-8-10-15-30)40(26-31-16-13-17-32(24-31)46-5)37(42)27-41(34-18-11-12-19-36(34)47-7-2)48(44,45)33-22-20-28(3)21-23-33/h8-24,29,35H,6-7,25-27H2,1-5H3,(H,39,43)/t29-,35+/m0/s1. The monoisotopic (exact) mass is 671 g/mol. The summed E-state index contributed by atoms with van der Waals surface area (Å²) in [5, 5.41) is 3.06. The van der Waals surface area contributed by atoms with Crippen molar-refractivity contribution in [2.45, 2.75) is 64.1 Å². The molecule has 2 atom stereocenters. The number of nitrogens with zero attached hydrogens (tertiary/aromatic N) is 2. The molecule has 4 aromatic rings. The molecule has 4 aromatic carbocycles. The van der Waals surface area contributed by atoms with Crippen LogP contribution in [0.5, 0.6) is 11.5 Å². The van der Waals surface area contributed by atoms with E-state index in [4.69, 9.17) is 9.47 Å². The van der Waals surface area contributed by atoms with E-state index in [0.29, 0.717) is 24.5 Å². The van der Waals surface area contributed by atoms with Crippen LogP contribution in [0.3, 0.4) is 0 Å². The zero-order chi connectivity index (χ0) is 34.7. The van der Waals surface area contributed by atoms with Gasteiger partial charge in [0, 0.05) is 19.0 Å². The van der Waals surface area contributed by atoms with Crippen LogP contribution in [0, 0.1) is 6.92 Å². The Labute approximate surface area is 284 Å². The lowest BCUT2D eigenvalue weighted by Crippen LogP contribution is -2.54. The number of nitrogens with one attached hydrogen (secondary N) is 1. The van der Waals surface area contributed by atoms with E-state index in [9.17, 15) is 18.0 Å². The number of aryl methyl sites for hydroxylation is 1. The van der Waals surface area contributed by atoms with E-state index in [1.165, 1.54) is 17.0 Å². The molecule has 1 N–H and O–H groups in total. The third-order valence-electron chi connectivity index (χ3n) is 8.08. The Morgan fingerprint density at radius 2 is 1.52 bits per heavy atom. The highest BCUT2D eigenvalue weighted by molar-refractivity contribution is 7.92. The van der Waals surface area contributed by atoms with Gasteiger partial charge in [-0.1, -0.05) is 79.2 Å². The van der Waals surface area contributed by atoms with E-state index in [1.807, 2.05) is 63.2 Å². The molecular weight excluding hydrogens is 627 g/mol. The molecule has 0 unspecified atom stereocenters. The third kappa shape index (κ3) is 9.16. The number of para-hydroxylation sites is 2. The second-order valence-corrected chi connectivity index (χ2v) is 13.5. The summed E-state index contributed by atoms with van der Waals surface area (Å²) in [5.41, 5.74) is 2.70. The van der Waals surface area contributed by atoms with E-state index in [0.717, 1.165) is 21.0 Å². The smallest absolute Gasteiger partial charge is 0.264 e. The quantitative estimate of drug-likeness (QED) is 0.153. The SMILES string of the molecule is CCOc1ccccc1N(CC(=O)N(Cc1cccc(OC)c1)[C@H](Cc1ccccc1)C(=O)N[C@@H](C)CC)S(=O)(=O)c1ccc(C)cc1. The highest BCUT2D eigenvalue weighted by atomic mass is 32.2. The molecule has 0 saturated carbocycles. The maximum atomic E-state index is 14.7. The predicted octanol–water partition coefficient (Wildman–Crippen LogP) is 6.15. The highest BCUT2D eigenvalue weighted by Crippen LogP contribution is 2.33. The van der Waals surface area contributed by atoms with Crippen molar-refractivity contribution in [2.24, 2.45) is 0 Å². The first-order chi connectivity index (χ1) is 23.1. The van der Waals surface area contributed by atoms with Crippen LogP contribution < -0.4 is 19.1 Å². The fraction of sp³-hybridized carbons (Fsp3) is 0.316. The summed E-state index contributed by atoms with van der Waals surface area (Å²) in [5.74, 6) is 0.0307. The van der Waals surface area contributed by atoms with Crippen LogP contribution in [0.2, 0.25) is 0 Å². The normalized spacial score (nSPS) is 12.4. The van der Waals surface area contributed by atoms with Crippen LogP contribution in [0.15, 0.2) is 108 Å². The topological polar surface area (TPSA) is 105 Å². The lowest BCUT2D eigenvalue weighted by atomic mass is 10.0. The summed E-state index contributed by atoms with van der Waals surface area (Å²) in [6.45, 7) is 7.31. The molecule has 2 amide bonds. The molecule has 0 radical (unpaired) electrons. The molecule has 0 aliphatic heterocycles. The minimum absolute atomic E-state index is 0.0295. The number of hydrogen-bond donors (Lipinski definition) is 1. The first-order valence-electron chi connectivity index (χ1n) is 16.1. The van der Waals surface area contributed by atoms with E-state index in [2.05, 4.69) is 5.32 Å². The van der Waals surface area contributed by atoms with Gasteiger partial charge in [-0.3, -0.25) is 13.9 Å². The minimum atomic E-state index is -4.27. The first kappa shape index (κ1) is 36.0. The van der Waals surface area contributed by atoms with E-state index in [-0.39, 0.29) is 35.5 Å². The molecular formula is C38H45N3O6S. The van der Waals surface area contributed by atoms with Gasteiger partial charge < -0.3 is 19.7 Å². The number of amides is 2. The lowest BCUT2D eigenvalue weighted by Gasteiger charge is -2.34. The van der Waals surface area contributed by atoms with Crippen LogP contribution >= 0.6 is 0 Å². The maximum Gasteiger partial charge on any atom is 0.264 e. The Hall–Kier alpha value is -4.83. The average Bonchev–Trinajstić information content (AvgIpc) is 3.09. The van der Waals surface area contributed by atoms with Crippen LogP contribution in [-0.4, -0.2) is 57.5 Å². The van der Waals surface area contributed by atoms with Crippen molar-refractivity contribution in [3.63, 3.8) is 0 Å². The highest BCUT2D eigenvalue weighted by Gasteiger charge is 2.36. The number of benzene rings is 4. The molecule has 0 aromatic heterocycles. The Morgan fingerprint density at radius 1 is 0.854 bits per heavy atom. The number of rotatable bonds is 16. The van der Waals surface area contributed by atoms with Gasteiger partial charge in [-0.05, 0) is 74.7 Å². The first-order valence-corrected chi connectivity index (χ1v) is 17.6. The van der Waals surface area contributed by atoms with Gasteiger partial charge in [0.1, 0.15) is 24.1 Å². The van der Waals surface area contributed by atoms with Gasteiger partial charge >= 0.3 is 0 Å². The summed E-state index contributed by atoms with van der Waals surface area (Å²) in [7, 11) is -2.71. The van der Waals surface area contributed by atoms with Crippen LogP contribution in [0.25, 0.3) is 0 Å².